The van der Waals surface area contributed by atoms with Gasteiger partial charge in [0.15, 0.2) is 0 Å². The Morgan fingerprint density at radius 2 is 2.11 bits per heavy atom. The summed E-state index contributed by atoms with van der Waals surface area (Å²) >= 11 is 2.94. The molecule has 0 aliphatic heterocycles. The molecule has 0 aliphatic rings. The second-order valence-electron chi connectivity index (χ2n) is 3.24. The van der Waals surface area contributed by atoms with E-state index >= 15 is 0 Å². The molecule has 0 aromatic heterocycles. The third-order valence-electron chi connectivity index (χ3n) is 1.96. The van der Waals surface area contributed by atoms with Gasteiger partial charge in [-0.1, -0.05) is 0 Å². The van der Waals surface area contributed by atoms with Gasteiger partial charge in [-0.05, 0) is 41.1 Å². The molecule has 0 unspecified atom stereocenters. The number of esters is 1. The maximum atomic E-state index is 13.0. The van der Waals surface area contributed by atoms with Gasteiger partial charge in [-0.25, -0.2) is 9.18 Å². The fraction of sp³-hybridized carbons (Fsp3) is 0.167. The standard InChI is InChI=1S/C12H10BrFO4.Li.H/c1-2-18-12(17)11(16)6-10(15)7-3-4-9(14)8(13)5-7;;/h3-6,15H,2H2,1H3;;. The number of hydrogen-bond acceptors (Lipinski definition) is 4. The summed E-state index contributed by atoms with van der Waals surface area (Å²) in [5.41, 5.74) is 0.209. The Bertz CT molecular complexity index is 516. The zero-order valence-electron chi connectivity index (χ0n) is 9.44. The van der Waals surface area contributed by atoms with E-state index in [2.05, 4.69) is 20.7 Å². The van der Waals surface area contributed by atoms with Crippen LogP contribution in [0.5, 0.6) is 0 Å². The number of aliphatic hydroxyl groups is 1. The van der Waals surface area contributed by atoms with Gasteiger partial charge in [-0.15, -0.1) is 0 Å². The molecule has 0 heterocycles. The van der Waals surface area contributed by atoms with Gasteiger partial charge in [0.25, 0.3) is 5.78 Å². The average Bonchev–Trinajstić information content (AvgIpc) is 2.32. The molecule has 0 atom stereocenters. The van der Waals surface area contributed by atoms with Gasteiger partial charge in [-0.2, -0.15) is 0 Å². The molecule has 0 amide bonds. The van der Waals surface area contributed by atoms with E-state index in [1.807, 2.05) is 0 Å². The van der Waals surface area contributed by atoms with Crippen molar-refractivity contribution in [2.45, 2.75) is 6.92 Å². The third-order valence-corrected chi connectivity index (χ3v) is 2.57. The molecule has 1 aromatic carbocycles. The Kier molecular flexibility index (Phi) is 7.68. The molecule has 0 aliphatic carbocycles. The van der Waals surface area contributed by atoms with Crippen molar-refractivity contribution in [3.63, 3.8) is 0 Å². The Morgan fingerprint density at radius 3 is 2.63 bits per heavy atom. The summed E-state index contributed by atoms with van der Waals surface area (Å²) in [5, 5.41) is 9.61. The fourth-order valence-electron chi connectivity index (χ4n) is 1.12. The second-order valence-corrected chi connectivity index (χ2v) is 4.10. The zero-order chi connectivity index (χ0) is 13.7. The molecule has 0 saturated heterocycles. The van der Waals surface area contributed by atoms with Crippen molar-refractivity contribution in [1.82, 2.24) is 0 Å². The summed E-state index contributed by atoms with van der Waals surface area (Å²) < 4.78 is 17.6. The summed E-state index contributed by atoms with van der Waals surface area (Å²) in [5.74, 6) is -2.96. The first-order valence-electron chi connectivity index (χ1n) is 5.03. The van der Waals surface area contributed by atoms with Crippen LogP contribution in [0.3, 0.4) is 0 Å². The summed E-state index contributed by atoms with van der Waals surface area (Å²) in [7, 11) is 0. The Labute approximate surface area is 129 Å². The van der Waals surface area contributed by atoms with Gasteiger partial charge < -0.3 is 9.84 Å². The summed E-state index contributed by atoms with van der Waals surface area (Å²) in [6.45, 7) is 1.63. The van der Waals surface area contributed by atoms with Gasteiger partial charge in [0.05, 0.1) is 11.1 Å². The Hall–Kier alpha value is -1.09. The first kappa shape index (κ1) is 17.9. The SMILES string of the molecule is CCOC(=O)C(=O)C=C(O)c1ccc(F)c(Br)c1.[LiH]. The molecule has 19 heavy (non-hydrogen) atoms. The number of carbonyl (C=O) groups is 2. The number of carbonyl (C=O) groups excluding carboxylic acids is 2. The molecule has 0 fully saturated rings. The number of hydrogen-bond donors (Lipinski definition) is 1. The van der Waals surface area contributed by atoms with E-state index in [1.54, 1.807) is 6.92 Å². The summed E-state index contributed by atoms with van der Waals surface area (Å²) in [6.07, 6.45) is 0.734. The number of aliphatic hydroxyl groups excluding tert-OH is 1. The van der Waals surface area contributed by atoms with Gasteiger partial charge in [0.2, 0.25) is 0 Å². The number of benzene rings is 1. The third kappa shape index (κ3) is 5.19. The van der Waals surface area contributed by atoms with Crippen LogP contribution in [0.2, 0.25) is 0 Å². The van der Waals surface area contributed by atoms with E-state index < -0.39 is 23.3 Å². The van der Waals surface area contributed by atoms with E-state index in [-0.39, 0.29) is 35.5 Å². The first-order valence-corrected chi connectivity index (χ1v) is 5.82. The molecule has 0 saturated carbocycles. The van der Waals surface area contributed by atoms with E-state index in [9.17, 15) is 19.1 Å². The molecular formula is C12H11BrFLiO4. The maximum absolute atomic E-state index is 13.0. The predicted molar refractivity (Wildman–Crippen MR) is 73.5 cm³/mol. The average molecular weight is 325 g/mol. The fourth-order valence-corrected chi connectivity index (χ4v) is 1.50. The predicted octanol–water partition coefficient (Wildman–Crippen LogP) is 1.97. The van der Waals surface area contributed by atoms with Crippen molar-refractivity contribution in [3.05, 3.63) is 40.1 Å². The van der Waals surface area contributed by atoms with Crippen molar-refractivity contribution >= 4 is 52.3 Å². The van der Waals surface area contributed by atoms with Crippen LogP contribution in [0.1, 0.15) is 12.5 Å². The van der Waals surface area contributed by atoms with Crippen LogP contribution >= 0.6 is 15.9 Å². The van der Waals surface area contributed by atoms with Crippen molar-refractivity contribution in [1.29, 1.82) is 0 Å². The molecule has 1 rings (SSSR count). The van der Waals surface area contributed by atoms with Crippen molar-refractivity contribution < 1.29 is 23.8 Å². The first-order chi connectivity index (χ1) is 8.45. The van der Waals surface area contributed by atoms with Gasteiger partial charge in [-0.3, -0.25) is 4.79 Å². The quantitative estimate of drug-likeness (QED) is 0.302. The summed E-state index contributed by atoms with van der Waals surface area (Å²) in [6, 6.07) is 3.70. The van der Waals surface area contributed by atoms with Crippen molar-refractivity contribution in [2.24, 2.45) is 0 Å². The topological polar surface area (TPSA) is 63.6 Å². The number of halogens is 2. The van der Waals surface area contributed by atoms with E-state index in [0.29, 0.717) is 0 Å². The van der Waals surface area contributed by atoms with Crippen LogP contribution < -0.4 is 0 Å². The number of ether oxygens (including phenoxy) is 1. The van der Waals surface area contributed by atoms with Crippen LogP contribution in [0.4, 0.5) is 4.39 Å². The Morgan fingerprint density at radius 1 is 1.47 bits per heavy atom. The molecular weight excluding hydrogens is 314 g/mol. The van der Waals surface area contributed by atoms with Crippen LogP contribution in [-0.2, 0) is 14.3 Å². The molecule has 0 radical (unpaired) electrons. The minimum atomic E-state index is -1.05. The van der Waals surface area contributed by atoms with Gasteiger partial charge >= 0.3 is 24.8 Å². The normalized spacial score (nSPS) is 10.6. The van der Waals surface area contributed by atoms with E-state index in [4.69, 9.17) is 0 Å². The molecule has 0 spiro atoms. The molecule has 7 heteroatoms. The van der Waals surface area contributed by atoms with E-state index in [1.165, 1.54) is 12.1 Å². The van der Waals surface area contributed by atoms with E-state index in [0.717, 1.165) is 12.1 Å². The van der Waals surface area contributed by atoms with Crippen LogP contribution in [0.25, 0.3) is 5.76 Å². The molecule has 4 nitrogen and oxygen atoms in total. The molecule has 0 bridgehead atoms. The minimum absolute atomic E-state index is 0. The van der Waals surface area contributed by atoms with Crippen LogP contribution in [0.15, 0.2) is 28.7 Å². The Balaban J connectivity index is 0.00000324. The number of ketones is 1. The van der Waals surface area contributed by atoms with Crippen molar-refractivity contribution in [3.8, 4) is 0 Å². The van der Waals surface area contributed by atoms with Gasteiger partial charge in [0.1, 0.15) is 11.6 Å². The van der Waals surface area contributed by atoms with Crippen LogP contribution in [0, 0.1) is 5.82 Å². The monoisotopic (exact) mass is 324 g/mol. The van der Waals surface area contributed by atoms with Gasteiger partial charge in [0, 0.05) is 11.6 Å². The van der Waals surface area contributed by atoms with Crippen molar-refractivity contribution in [2.75, 3.05) is 6.61 Å². The summed E-state index contributed by atoms with van der Waals surface area (Å²) in [4.78, 5) is 22.3. The molecule has 98 valence electrons. The van der Waals surface area contributed by atoms with Crippen LogP contribution in [-0.4, -0.2) is 42.3 Å². The zero-order valence-corrected chi connectivity index (χ0v) is 11.0. The second kappa shape index (κ2) is 8.15. The number of rotatable bonds is 4. The molecule has 1 aromatic rings. The molecule has 1 N–H and O–H groups in total.